The van der Waals surface area contributed by atoms with Gasteiger partial charge in [0.15, 0.2) is 10.8 Å². The van der Waals surface area contributed by atoms with Crippen LogP contribution in [-0.2, 0) is 4.79 Å². The lowest BCUT2D eigenvalue weighted by Crippen LogP contribution is -2.35. The first-order chi connectivity index (χ1) is 11.9. The van der Waals surface area contributed by atoms with E-state index in [2.05, 4.69) is 15.0 Å². The number of fused-ring (bicyclic) bond motifs is 1. The molecule has 0 bridgehead atoms. The zero-order valence-electron chi connectivity index (χ0n) is 12.6. The van der Waals surface area contributed by atoms with Crippen molar-refractivity contribution in [2.75, 3.05) is 0 Å². The predicted octanol–water partition coefficient (Wildman–Crippen LogP) is 0.760. The predicted molar refractivity (Wildman–Crippen MR) is 82.7 cm³/mol. The molecule has 26 heavy (non-hydrogen) atoms. The van der Waals surface area contributed by atoms with Crippen LogP contribution in [0, 0.1) is 0 Å². The third-order valence-electron chi connectivity index (χ3n) is 3.65. The van der Waals surface area contributed by atoms with Gasteiger partial charge < -0.3 is 25.6 Å². The van der Waals surface area contributed by atoms with Crippen molar-refractivity contribution in [2.45, 2.75) is 36.9 Å². The summed E-state index contributed by atoms with van der Waals surface area (Å²) >= 11 is 11.7. The van der Waals surface area contributed by atoms with Crippen molar-refractivity contribution in [1.82, 2.24) is 19.5 Å². The Kier molecular flexibility index (Phi) is 5.92. The van der Waals surface area contributed by atoms with Crippen LogP contribution in [-0.4, -0.2) is 65.2 Å². The van der Waals surface area contributed by atoms with E-state index in [-0.39, 0.29) is 10.4 Å². The minimum absolute atomic E-state index is 0.00316. The van der Waals surface area contributed by atoms with Gasteiger partial charge in [0, 0.05) is 6.04 Å². The smallest absolute Gasteiger partial charge is 0.475 e. The van der Waals surface area contributed by atoms with Crippen molar-refractivity contribution < 1.29 is 33.3 Å². The first-order valence-electron chi connectivity index (χ1n) is 6.91. The molecule has 3 rings (SSSR count). The Morgan fingerprint density at radius 3 is 2.31 bits per heavy atom. The number of alkyl halides is 3. The van der Waals surface area contributed by atoms with Gasteiger partial charge in [-0.3, -0.25) is 0 Å². The minimum atomic E-state index is -5.08. The van der Waals surface area contributed by atoms with E-state index < -0.39 is 36.4 Å². The topological polar surface area (TPSA) is 147 Å². The Labute approximate surface area is 153 Å². The molecule has 1 unspecified atom stereocenters. The van der Waals surface area contributed by atoms with Crippen LogP contribution < -0.4 is 5.73 Å². The number of aliphatic hydroxyl groups is 2. The number of nitrogens with two attached hydrogens (primary N) is 1. The molecule has 1 aliphatic carbocycles. The summed E-state index contributed by atoms with van der Waals surface area (Å²) in [5.74, 6) is -2.76. The molecule has 5 N–H and O–H groups in total. The summed E-state index contributed by atoms with van der Waals surface area (Å²) in [6.45, 7) is 0. The maximum atomic E-state index is 10.6. The molecule has 0 amide bonds. The Balaban J connectivity index is 0.000000298. The summed E-state index contributed by atoms with van der Waals surface area (Å²) < 4.78 is 33.4. The molecule has 0 aromatic carbocycles. The standard InChI is InChI=1S/C10H11Cl2N5O2.C2HF3O2/c11-8-5-9(16-10(12)15-8)17(2-14-5)4-1-3(13)6(18)7(4)19;3-2(4,5)1(6)7/h2-4,6-7,18-19H,1,13H2;(H,6,7)/t3-,4?,6+,7-;/m0./s1. The van der Waals surface area contributed by atoms with E-state index in [1.807, 2.05) is 0 Å². The molecule has 1 saturated carbocycles. The molecular formula is C12H12Cl2F3N5O4. The van der Waals surface area contributed by atoms with Gasteiger partial charge in [0.2, 0.25) is 5.28 Å². The van der Waals surface area contributed by atoms with Crippen molar-refractivity contribution in [1.29, 1.82) is 0 Å². The van der Waals surface area contributed by atoms with E-state index in [1.165, 1.54) is 6.33 Å². The highest BCUT2D eigenvalue weighted by Crippen LogP contribution is 2.33. The number of carboxylic acids is 1. The van der Waals surface area contributed by atoms with Crippen molar-refractivity contribution in [3.63, 3.8) is 0 Å². The quantitative estimate of drug-likeness (QED) is 0.392. The van der Waals surface area contributed by atoms with Crippen molar-refractivity contribution in [3.8, 4) is 0 Å². The zero-order chi connectivity index (χ0) is 19.8. The Morgan fingerprint density at radius 2 is 1.85 bits per heavy atom. The number of carbonyl (C=O) groups is 1. The highest BCUT2D eigenvalue weighted by atomic mass is 35.5. The van der Waals surface area contributed by atoms with E-state index in [0.717, 1.165) is 0 Å². The van der Waals surface area contributed by atoms with Gasteiger partial charge in [-0.05, 0) is 18.0 Å². The lowest BCUT2D eigenvalue weighted by Gasteiger charge is -2.17. The van der Waals surface area contributed by atoms with Crippen LogP contribution >= 0.6 is 23.2 Å². The third kappa shape index (κ3) is 4.15. The summed E-state index contributed by atoms with van der Waals surface area (Å²) in [5, 5.41) is 27.0. The van der Waals surface area contributed by atoms with Crippen molar-refractivity contribution in [2.24, 2.45) is 5.73 Å². The number of hydrogen-bond acceptors (Lipinski definition) is 7. The van der Waals surface area contributed by atoms with E-state index >= 15 is 0 Å². The second-order valence-electron chi connectivity index (χ2n) is 5.36. The monoisotopic (exact) mass is 417 g/mol. The van der Waals surface area contributed by atoms with Crippen LogP contribution in [0.25, 0.3) is 11.2 Å². The molecular weight excluding hydrogens is 406 g/mol. The number of hydrogen-bond donors (Lipinski definition) is 4. The number of aromatic nitrogens is 4. The molecule has 2 heterocycles. The normalized spacial score (nSPS) is 25.8. The molecule has 0 spiro atoms. The van der Waals surface area contributed by atoms with Gasteiger partial charge in [-0.1, -0.05) is 11.6 Å². The van der Waals surface area contributed by atoms with E-state index in [4.69, 9.17) is 38.8 Å². The first kappa shape index (κ1) is 20.6. The largest absolute Gasteiger partial charge is 0.490 e. The molecule has 144 valence electrons. The molecule has 14 heteroatoms. The molecule has 4 atom stereocenters. The Bertz CT molecular complexity index is 818. The Morgan fingerprint density at radius 1 is 1.27 bits per heavy atom. The molecule has 1 fully saturated rings. The maximum Gasteiger partial charge on any atom is 0.490 e. The fraction of sp³-hybridized carbons (Fsp3) is 0.500. The second-order valence-corrected chi connectivity index (χ2v) is 6.05. The van der Waals surface area contributed by atoms with Crippen molar-refractivity contribution >= 4 is 40.3 Å². The lowest BCUT2D eigenvalue weighted by molar-refractivity contribution is -0.192. The van der Waals surface area contributed by atoms with Gasteiger partial charge in [-0.15, -0.1) is 0 Å². The second kappa shape index (κ2) is 7.48. The van der Waals surface area contributed by atoms with Gasteiger partial charge in [0.1, 0.15) is 11.6 Å². The summed E-state index contributed by atoms with van der Waals surface area (Å²) in [6.07, 6.45) is -5.15. The highest BCUT2D eigenvalue weighted by Gasteiger charge is 2.41. The number of imidazole rings is 1. The van der Waals surface area contributed by atoms with E-state index in [9.17, 15) is 23.4 Å². The average Bonchev–Trinajstić information content (AvgIpc) is 3.04. The van der Waals surface area contributed by atoms with Crippen LogP contribution in [0.3, 0.4) is 0 Å². The van der Waals surface area contributed by atoms with Gasteiger partial charge in [-0.2, -0.15) is 18.2 Å². The molecule has 0 aliphatic heterocycles. The zero-order valence-corrected chi connectivity index (χ0v) is 14.1. The van der Waals surface area contributed by atoms with Crippen LogP contribution in [0.15, 0.2) is 6.33 Å². The van der Waals surface area contributed by atoms with Gasteiger partial charge in [0.05, 0.1) is 18.5 Å². The fourth-order valence-electron chi connectivity index (χ4n) is 2.42. The minimum Gasteiger partial charge on any atom is -0.475 e. The first-order valence-corrected chi connectivity index (χ1v) is 7.66. The van der Waals surface area contributed by atoms with Crippen LogP contribution in [0.1, 0.15) is 12.5 Å². The van der Waals surface area contributed by atoms with Crippen LogP contribution in [0.5, 0.6) is 0 Å². The average molecular weight is 418 g/mol. The lowest BCUT2D eigenvalue weighted by atomic mass is 10.2. The number of halogens is 5. The maximum absolute atomic E-state index is 10.6. The van der Waals surface area contributed by atoms with Gasteiger partial charge >= 0.3 is 12.1 Å². The Hall–Kier alpha value is -1.73. The summed E-state index contributed by atoms with van der Waals surface area (Å²) in [7, 11) is 0. The molecule has 1 aliphatic rings. The number of rotatable bonds is 1. The van der Waals surface area contributed by atoms with Crippen LogP contribution in [0.2, 0.25) is 10.4 Å². The van der Waals surface area contributed by atoms with Crippen LogP contribution in [0.4, 0.5) is 13.2 Å². The number of aliphatic carboxylic acids is 1. The fourth-order valence-corrected chi connectivity index (χ4v) is 2.84. The molecule has 2 aromatic heterocycles. The summed E-state index contributed by atoms with van der Waals surface area (Å²) in [4.78, 5) is 20.9. The summed E-state index contributed by atoms with van der Waals surface area (Å²) in [6, 6.07) is -0.915. The van der Waals surface area contributed by atoms with Crippen molar-refractivity contribution in [3.05, 3.63) is 16.8 Å². The third-order valence-corrected chi connectivity index (χ3v) is 4.08. The van der Waals surface area contributed by atoms with Gasteiger partial charge in [-0.25, -0.2) is 14.8 Å². The summed E-state index contributed by atoms with van der Waals surface area (Å²) in [5.41, 5.74) is 6.55. The van der Waals surface area contributed by atoms with E-state index in [0.29, 0.717) is 17.6 Å². The number of aliphatic hydroxyl groups excluding tert-OH is 2. The highest BCUT2D eigenvalue weighted by molar-refractivity contribution is 6.35. The molecule has 0 saturated heterocycles. The van der Waals surface area contributed by atoms with E-state index in [1.54, 1.807) is 4.57 Å². The molecule has 0 radical (unpaired) electrons. The van der Waals surface area contributed by atoms with Gasteiger partial charge in [0.25, 0.3) is 0 Å². The number of nitrogens with zero attached hydrogens (tertiary/aromatic N) is 4. The molecule has 2 aromatic rings. The SMILES string of the molecule is N[C@H]1CC(n2cnc3c(Cl)nc(Cl)nc32)[C@H](O)[C@@H]1O.O=C(O)C(F)(F)F. The number of carboxylic acid groups (broad SMARTS) is 1. The molecule has 9 nitrogen and oxygen atoms in total.